The molecule has 3 aliphatic heterocycles. The van der Waals surface area contributed by atoms with Gasteiger partial charge in [0, 0.05) is 18.8 Å². The van der Waals surface area contributed by atoms with Gasteiger partial charge < -0.3 is 9.73 Å². The normalized spacial score (nSPS) is 29.2. The molecule has 3 saturated heterocycles. The lowest BCUT2D eigenvalue weighted by Gasteiger charge is -2.49. The lowest BCUT2D eigenvalue weighted by atomic mass is 9.75. The van der Waals surface area contributed by atoms with Crippen molar-refractivity contribution >= 4 is 5.91 Å². The molecule has 30 heavy (non-hydrogen) atoms. The summed E-state index contributed by atoms with van der Waals surface area (Å²) in [6, 6.07) is 4.21. The molecular weight excluding hydrogens is 378 g/mol. The average Bonchev–Trinajstić information content (AvgIpc) is 3.45. The molecule has 5 heterocycles. The smallest absolute Gasteiger partial charge is 0.225 e. The van der Waals surface area contributed by atoms with Crippen molar-refractivity contribution in [3.8, 4) is 0 Å². The Morgan fingerprint density at radius 2 is 2.13 bits per heavy atom. The molecule has 1 amide bonds. The van der Waals surface area contributed by atoms with Crippen molar-refractivity contribution in [3.63, 3.8) is 0 Å². The highest BCUT2D eigenvalue weighted by Crippen LogP contribution is 2.37. The topological polar surface area (TPSA) is 76.2 Å². The van der Waals surface area contributed by atoms with Crippen molar-refractivity contribution < 1.29 is 9.21 Å². The van der Waals surface area contributed by atoms with Crippen molar-refractivity contribution in [2.24, 2.45) is 17.8 Å². The van der Waals surface area contributed by atoms with Gasteiger partial charge in [0.15, 0.2) is 0 Å². The predicted octanol–water partition coefficient (Wildman–Crippen LogP) is 3.02. The number of fused-ring (bicyclic) bond motifs is 3. The van der Waals surface area contributed by atoms with Crippen LogP contribution in [0.15, 0.2) is 29.0 Å². The number of piperidine rings is 3. The Balaban J connectivity index is 1.13. The molecule has 1 saturated carbocycles. The number of carbonyl (C=O) groups excluding carboxylic acids is 1. The van der Waals surface area contributed by atoms with Gasteiger partial charge >= 0.3 is 0 Å². The van der Waals surface area contributed by atoms with Crippen LogP contribution >= 0.6 is 0 Å². The summed E-state index contributed by atoms with van der Waals surface area (Å²) in [5, 5.41) is 11.9. The second-order valence-electron chi connectivity index (χ2n) is 9.48. The zero-order chi connectivity index (χ0) is 20.3. The maximum absolute atomic E-state index is 12.7. The van der Waals surface area contributed by atoms with Gasteiger partial charge in [0.05, 0.1) is 31.0 Å². The van der Waals surface area contributed by atoms with E-state index in [0.717, 1.165) is 56.3 Å². The lowest BCUT2D eigenvalue weighted by molar-refractivity contribution is -0.133. The molecule has 2 aromatic heterocycles. The molecular formula is C23H33N5O2. The summed E-state index contributed by atoms with van der Waals surface area (Å²) >= 11 is 0. The first kappa shape index (κ1) is 19.8. The fourth-order valence-electron chi connectivity index (χ4n) is 5.77. The number of rotatable bonds is 7. The molecule has 2 aromatic rings. The average molecular weight is 412 g/mol. The minimum atomic E-state index is 0.0857. The maximum atomic E-state index is 12.7. The van der Waals surface area contributed by atoms with E-state index in [1.165, 1.54) is 32.1 Å². The van der Waals surface area contributed by atoms with E-state index in [2.05, 4.69) is 26.7 Å². The molecule has 1 N–H and O–H groups in total. The standard InChI is InChI=1S/C23H33N5O2/c29-23(24-13-21-7-4-10-30-21)22-16-27-9-8-18(22)12-20(27)15-28-14-19(25-26-28)11-17-5-2-1-3-6-17/h4,7,10,14,17-18,20,22H,1-3,5-6,8-9,11-13,15-16H2,(H,24,29)/t18-,20+,22-/m0/s1. The number of aromatic nitrogens is 3. The van der Waals surface area contributed by atoms with E-state index >= 15 is 0 Å². The third-order valence-corrected chi connectivity index (χ3v) is 7.44. The number of carbonyl (C=O) groups is 1. The van der Waals surface area contributed by atoms with E-state index in [1.54, 1.807) is 6.26 Å². The van der Waals surface area contributed by atoms with Crippen LogP contribution in [0.1, 0.15) is 56.4 Å². The molecule has 7 heteroatoms. The number of nitrogens with zero attached hydrogens (tertiary/aromatic N) is 4. The predicted molar refractivity (Wildman–Crippen MR) is 112 cm³/mol. The van der Waals surface area contributed by atoms with Gasteiger partial charge in [-0.1, -0.05) is 37.3 Å². The van der Waals surface area contributed by atoms with Gasteiger partial charge in [0.25, 0.3) is 0 Å². The highest BCUT2D eigenvalue weighted by atomic mass is 16.3. The van der Waals surface area contributed by atoms with Gasteiger partial charge in [-0.15, -0.1) is 5.10 Å². The number of furan rings is 1. The van der Waals surface area contributed by atoms with Crippen molar-refractivity contribution in [1.82, 2.24) is 25.2 Å². The Labute approximate surface area is 178 Å². The maximum Gasteiger partial charge on any atom is 0.225 e. The summed E-state index contributed by atoms with van der Waals surface area (Å²) in [5.41, 5.74) is 1.15. The number of hydrogen-bond donors (Lipinski definition) is 1. The van der Waals surface area contributed by atoms with Gasteiger partial charge in [-0.3, -0.25) is 14.4 Å². The third kappa shape index (κ3) is 4.46. The summed E-state index contributed by atoms with van der Waals surface area (Å²) in [5.74, 6) is 2.30. The monoisotopic (exact) mass is 411 g/mol. The van der Waals surface area contributed by atoms with E-state index in [-0.39, 0.29) is 11.8 Å². The van der Waals surface area contributed by atoms with Gasteiger partial charge in [0.2, 0.25) is 5.91 Å². The molecule has 1 unspecified atom stereocenters. The molecule has 0 spiro atoms. The fraction of sp³-hybridized carbons (Fsp3) is 0.696. The van der Waals surface area contributed by atoms with Crippen LogP contribution < -0.4 is 5.32 Å². The number of hydrogen-bond acceptors (Lipinski definition) is 5. The van der Waals surface area contributed by atoms with Gasteiger partial charge in [-0.05, 0) is 49.8 Å². The van der Waals surface area contributed by atoms with E-state index in [4.69, 9.17) is 4.42 Å². The molecule has 162 valence electrons. The molecule has 4 aliphatic rings. The third-order valence-electron chi connectivity index (χ3n) is 7.44. The Morgan fingerprint density at radius 3 is 2.90 bits per heavy atom. The van der Waals surface area contributed by atoms with Crippen LogP contribution in [0.5, 0.6) is 0 Å². The van der Waals surface area contributed by atoms with Crippen LogP contribution in [0, 0.1) is 17.8 Å². The van der Waals surface area contributed by atoms with Crippen LogP contribution in [-0.4, -0.2) is 44.9 Å². The Morgan fingerprint density at radius 1 is 1.23 bits per heavy atom. The highest BCUT2D eigenvalue weighted by Gasteiger charge is 2.43. The first-order valence-electron chi connectivity index (χ1n) is 11.7. The highest BCUT2D eigenvalue weighted by molar-refractivity contribution is 5.79. The first-order chi connectivity index (χ1) is 14.7. The van der Waals surface area contributed by atoms with Crippen LogP contribution in [0.2, 0.25) is 0 Å². The summed E-state index contributed by atoms with van der Waals surface area (Å²) < 4.78 is 7.36. The summed E-state index contributed by atoms with van der Waals surface area (Å²) in [6.07, 6.45) is 13.9. The quantitative estimate of drug-likeness (QED) is 0.758. The second kappa shape index (κ2) is 8.92. The van der Waals surface area contributed by atoms with Crippen molar-refractivity contribution in [3.05, 3.63) is 36.0 Å². The van der Waals surface area contributed by atoms with E-state index in [9.17, 15) is 4.79 Å². The van der Waals surface area contributed by atoms with Crippen LogP contribution in [0.4, 0.5) is 0 Å². The van der Waals surface area contributed by atoms with Crippen molar-refractivity contribution in [2.75, 3.05) is 13.1 Å². The fourth-order valence-corrected chi connectivity index (χ4v) is 5.77. The lowest BCUT2D eigenvalue weighted by Crippen LogP contribution is -2.57. The summed E-state index contributed by atoms with van der Waals surface area (Å²) in [6.45, 7) is 3.29. The zero-order valence-corrected chi connectivity index (χ0v) is 17.7. The molecule has 2 bridgehead atoms. The summed E-state index contributed by atoms with van der Waals surface area (Å²) in [7, 11) is 0. The molecule has 1 aliphatic carbocycles. The van der Waals surface area contributed by atoms with E-state index in [0.29, 0.717) is 18.5 Å². The first-order valence-corrected chi connectivity index (χ1v) is 11.7. The number of nitrogens with one attached hydrogen (secondary N) is 1. The number of amides is 1. The van der Waals surface area contributed by atoms with Gasteiger partial charge in [0.1, 0.15) is 5.76 Å². The molecule has 7 nitrogen and oxygen atoms in total. The van der Waals surface area contributed by atoms with Crippen molar-refractivity contribution in [2.45, 2.75) is 70.5 Å². The van der Waals surface area contributed by atoms with Crippen LogP contribution in [0.25, 0.3) is 0 Å². The molecule has 4 atom stereocenters. The van der Waals surface area contributed by atoms with Crippen LogP contribution in [-0.2, 0) is 24.3 Å². The summed E-state index contributed by atoms with van der Waals surface area (Å²) in [4.78, 5) is 15.2. The van der Waals surface area contributed by atoms with E-state index < -0.39 is 0 Å². The van der Waals surface area contributed by atoms with E-state index in [1.807, 2.05) is 16.8 Å². The molecule has 6 rings (SSSR count). The van der Waals surface area contributed by atoms with Crippen molar-refractivity contribution in [1.29, 1.82) is 0 Å². The molecule has 0 aromatic carbocycles. The van der Waals surface area contributed by atoms with Crippen LogP contribution in [0.3, 0.4) is 0 Å². The second-order valence-corrected chi connectivity index (χ2v) is 9.48. The SMILES string of the molecule is O=C(NCc1ccco1)[C@H]1CN2CC[C@H]1C[C@@H]2Cn1cc(CC2CCCCC2)nn1. The zero-order valence-electron chi connectivity index (χ0n) is 17.7. The molecule has 4 fully saturated rings. The van der Waals surface area contributed by atoms with Gasteiger partial charge in [-0.2, -0.15) is 0 Å². The molecule has 0 radical (unpaired) electrons. The largest absolute Gasteiger partial charge is 0.467 e. The Hall–Kier alpha value is -2.15. The minimum absolute atomic E-state index is 0.0857. The van der Waals surface area contributed by atoms with Gasteiger partial charge in [-0.25, -0.2) is 0 Å². The Kier molecular flexibility index (Phi) is 5.88. The Bertz CT molecular complexity index is 827. The minimum Gasteiger partial charge on any atom is -0.467 e.